The van der Waals surface area contributed by atoms with Crippen molar-refractivity contribution in [3.8, 4) is 0 Å². The van der Waals surface area contributed by atoms with Gasteiger partial charge in [0.1, 0.15) is 0 Å². The van der Waals surface area contributed by atoms with Crippen LogP contribution in [0.25, 0.3) is 0 Å². The number of hydrogen-bond donors (Lipinski definition) is 1. The maximum absolute atomic E-state index is 13.6. The highest BCUT2D eigenvalue weighted by Gasteiger charge is 2.45. The first-order valence-electron chi connectivity index (χ1n) is 10.6. The summed E-state index contributed by atoms with van der Waals surface area (Å²) in [5.41, 5.74) is 4.91. The monoisotopic (exact) mass is 478 g/mol. The number of halogens is 1. The fraction of sp³-hybridized carbons (Fsp3) is 0.346. The topological polar surface area (TPSA) is 58.5 Å². The van der Waals surface area contributed by atoms with Gasteiger partial charge in [-0.25, -0.2) is 0 Å². The van der Waals surface area contributed by atoms with E-state index in [2.05, 4.69) is 35.1 Å². The highest BCUT2D eigenvalue weighted by Crippen LogP contribution is 2.48. The van der Waals surface area contributed by atoms with Crippen LogP contribution < -0.4 is 5.32 Å². The van der Waals surface area contributed by atoms with Crippen LogP contribution >= 0.6 is 15.9 Å². The Hall–Kier alpha value is -2.53. The number of rotatable bonds is 3. The molecule has 0 spiro atoms. The Morgan fingerprint density at radius 3 is 2.42 bits per heavy atom. The van der Waals surface area contributed by atoms with Crippen molar-refractivity contribution in [3.63, 3.8) is 0 Å². The van der Waals surface area contributed by atoms with Gasteiger partial charge in [0.25, 0.3) is 0 Å². The second-order valence-corrected chi connectivity index (χ2v) is 10.3. The SMILES string of the molecule is CC1=NC2=C(C(=O)CC(C)(C)C2)[C@@H](c2ccc(Br)cc2)C1C(=O)Nc1ccccc1C. The molecule has 0 aromatic heterocycles. The van der Waals surface area contributed by atoms with Gasteiger partial charge in [0.2, 0.25) is 5.91 Å². The molecule has 0 radical (unpaired) electrons. The summed E-state index contributed by atoms with van der Waals surface area (Å²) >= 11 is 3.49. The summed E-state index contributed by atoms with van der Waals surface area (Å²) in [5.74, 6) is -0.908. The van der Waals surface area contributed by atoms with Crippen molar-refractivity contribution >= 4 is 39.0 Å². The molecule has 0 saturated heterocycles. The molecule has 0 fully saturated rings. The Labute approximate surface area is 192 Å². The van der Waals surface area contributed by atoms with Gasteiger partial charge in [0.15, 0.2) is 5.78 Å². The third-order valence-corrected chi connectivity index (χ3v) is 6.75. The Kier molecular flexibility index (Phi) is 5.73. The minimum absolute atomic E-state index is 0.101. The van der Waals surface area contributed by atoms with Gasteiger partial charge in [-0.3, -0.25) is 14.6 Å². The normalized spacial score (nSPS) is 22.6. The van der Waals surface area contributed by atoms with E-state index in [1.807, 2.05) is 62.4 Å². The first kappa shape index (κ1) is 21.7. The van der Waals surface area contributed by atoms with Crippen molar-refractivity contribution in [2.24, 2.45) is 16.3 Å². The summed E-state index contributed by atoms with van der Waals surface area (Å²) in [4.78, 5) is 31.7. The van der Waals surface area contributed by atoms with Crippen LogP contribution in [-0.4, -0.2) is 17.4 Å². The molecule has 1 N–H and O–H groups in total. The number of nitrogens with one attached hydrogen (secondary N) is 1. The zero-order chi connectivity index (χ0) is 22.3. The first-order chi connectivity index (χ1) is 14.7. The van der Waals surface area contributed by atoms with Gasteiger partial charge in [0, 0.05) is 39.5 Å². The van der Waals surface area contributed by atoms with E-state index in [4.69, 9.17) is 4.99 Å². The summed E-state index contributed by atoms with van der Waals surface area (Å²) in [6.07, 6.45) is 1.21. The van der Waals surface area contributed by atoms with Gasteiger partial charge < -0.3 is 5.32 Å². The maximum atomic E-state index is 13.6. The van der Waals surface area contributed by atoms with E-state index in [-0.39, 0.29) is 23.0 Å². The minimum atomic E-state index is -0.537. The standard InChI is InChI=1S/C26H27BrN2O2/c1-15-7-5-6-8-19(15)29-25(31)22-16(2)28-20-13-26(3,4)14-21(30)24(20)23(22)17-9-11-18(27)12-10-17/h5-12,22-23H,13-14H2,1-4H3,(H,29,31)/t22?,23-/m0/s1. The lowest BCUT2D eigenvalue weighted by Gasteiger charge is -2.39. The van der Waals surface area contributed by atoms with Crippen molar-refractivity contribution in [1.29, 1.82) is 0 Å². The van der Waals surface area contributed by atoms with Crippen molar-refractivity contribution in [2.45, 2.75) is 46.5 Å². The molecule has 160 valence electrons. The van der Waals surface area contributed by atoms with Crippen LogP contribution in [0.3, 0.4) is 0 Å². The summed E-state index contributed by atoms with van der Waals surface area (Å²) in [7, 11) is 0. The van der Waals surface area contributed by atoms with Gasteiger partial charge >= 0.3 is 0 Å². The smallest absolute Gasteiger partial charge is 0.234 e. The number of Topliss-reactive ketones (excluding diaryl/α,β-unsaturated/α-hetero) is 1. The van der Waals surface area contributed by atoms with E-state index in [1.54, 1.807) is 0 Å². The molecule has 1 amide bonds. The van der Waals surface area contributed by atoms with Gasteiger partial charge in [-0.05, 0) is 55.0 Å². The number of amides is 1. The van der Waals surface area contributed by atoms with Crippen molar-refractivity contribution in [3.05, 3.63) is 75.4 Å². The molecule has 2 aromatic carbocycles. The number of hydrogen-bond acceptors (Lipinski definition) is 3. The molecule has 5 heteroatoms. The van der Waals surface area contributed by atoms with E-state index < -0.39 is 5.92 Å². The average Bonchev–Trinajstić information content (AvgIpc) is 2.68. The van der Waals surface area contributed by atoms with Crippen molar-refractivity contribution in [2.75, 3.05) is 5.32 Å². The highest BCUT2D eigenvalue weighted by atomic mass is 79.9. The predicted octanol–water partition coefficient (Wildman–Crippen LogP) is 6.21. The molecule has 2 aliphatic rings. The fourth-order valence-corrected chi connectivity index (χ4v) is 5.00. The lowest BCUT2D eigenvalue weighted by molar-refractivity contribution is -0.119. The third kappa shape index (κ3) is 4.29. The maximum Gasteiger partial charge on any atom is 0.234 e. The van der Waals surface area contributed by atoms with Crippen LogP contribution in [-0.2, 0) is 9.59 Å². The minimum Gasteiger partial charge on any atom is -0.325 e. The number of nitrogens with zero attached hydrogens (tertiary/aromatic N) is 1. The Morgan fingerprint density at radius 2 is 1.74 bits per heavy atom. The molecule has 2 aromatic rings. The quantitative estimate of drug-likeness (QED) is 0.569. The molecule has 1 aliphatic carbocycles. The largest absolute Gasteiger partial charge is 0.325 e. The van der Waals surface area contributed by atoms with Crippen LogP contribution in [0.2, 0.25) is 0 Å². The predicted molar refractivity (Wildman–Crippen MR) is 128 cm³/mol. The first-order valence-corrected chi connectivity index (χ1v) is 11.4. The number of carbonyl (C=O) groups excluding carboxylic acids is 2. The molecule has 2 atom stereocenters. The fourth-order valence-electron chi connectivity index (χ4n) is 4.74. The number of allylic oxidation sites excluding steroid dienone is 2. The van der Waals surface area contributed by atoms with E-state index in [9.17, 15) is 9.59 Å². The van der Waals surface area contributed by atoms with Gasteiger partial charge in [-0.1, -0.05) is 60.1 Å². The molecule has 4 rings (SSSR count). The Morgan fingerprint density at radius 1 is 1.06 bits per heavy atom. The second-order valence-electron chi connectivity index (χ2n) is 9.37. The van der Waals surface area contributed by atoms with E-state index in [1.165, 1.54) is 0 Å². The van der Waals surface area contributed by atoms with Gasteiger partial charge in [-0.2, -0.15) is 0 Å². The molecule has 31 heavy (non-hydrogen) atoms. The zero-order valence-electron chi connectivity index (χ0n) is 18.3. The Bertz CT molecular complexity index is 1110. The molecular weight excluding hydrogens is 452 g/mol. The molecule has 4 nitrogen and oxygen atoms in total. The molecule has 0 saturated carbocycles. The number of carbonyl (C=O) groups is 2. The summed E-state index contributed by atoms with van der Waals surface area (Å²) in [6, 6.07) is 15.6. The number of benzene rings is 2. The number of aliphatic imine (C=N–C) groups is 1. The highest BCUT2D eigenvalue weighted by molar-refractivity contribution is 9.10. The summed E-state index contributed by atoms with van der Waals surface area (Å²) in [6.45, 7) is 8.08. The number of para-hydroxylation sites is 1. The van der Waals surface area contributed by atoms with Crippen LogP contribution in [0.15, 0.2) is 69.3 Å². The van der Waals surface area contributed by atoms with Crippen LogP contribution in [0.5, 0.6) is 0 Å². The lowest BCUT2D eigenvalue weighted by atomic mass is 9.66. The van der Waals surface area contributed by atoms with E-state index in [0.717, 1.165) is 39.1 Å². The van der Waals surface area contributed by atoms with Crippen molar-refractivity contribution < 1.29 is 9.59 Å². The summed E-state index contributed by atoms with van der Waals surface area (Å²) in [5, 5.41) is 3.09. The molecule has 1 aliphatic heterocycles. The molecular formula is C26H27BrN2O2. The van der Waals surface area contributed by atoms with Crippen LogP contribution in [0, 0.1) is 18.3 Å². The number of anilines is 1. The molecule has 1 heterocycles. The summed E-state index contributed by atoms with van der Waals surface area (Å²) < 4.78 is 0.962. The van der Waals surface area contributed by atoms with Gasteiger partial charge in [-0.15, -0.1) is 0 Å². The lowest BCUT2D eigenvalue weighted by Crippen LogP contribution is -2.41. The second kappa shape index (κ2) is 8.19. The molecule has 1 unspecified atom stereocenters. The van der Waals surface area contributed by atoms with Crippen LogP contribution in [0.1, 0.15) is 50.7 Å². The molecule has 0 bridgehead atoms. The van der Waals surface area contributed by atoms with E-state index in [0.29, 0.717) is 12.0 Å². The van der Waals surface area contributed by atoms with Crippen LogP contribution in [0.4, 0.5) is 5.69 Å². The average molecular weight is 479 g/mol. The number of aryl methyl sites for hydroxylation is 1. The van der Waals surface area contributed by atoms with Crippen molar-refractivity contribution in [1.82, 2.24) is 0 Å². The van der Waals surface area contributed by atoms with Gasteiger partial charge in [0.05, 0.1) is 5.92 Å². The van der Waals surface area contributed by atoms with E-state index >= 15 is 0 Å². The zero-order valence-corrected chi connectivity index (χ0v) is 19.9. The third-order valence-electron chi connectivity index (χ3n) is 6.22. The Balaban J connectivity index is 1.80. The number of ketones is 1.